The van der Waals surface area contributed by atoms with Gasteiger partial charge in [0.05, 0.1) is 13.2 Å². The first-order valence-electron chi connectivity index (χ1n) is 9.03. The predicted molar refractivity (Wildman–Crippen MR) is 107 cm³/mol. The van der Waals surface area contributed by atoms with Gasteiger partial charge < -0.3 is 19.5 Å². The van der Waals surface area contributed by atoms with Crippen LogP contribution in [0, 0.1) is 6.92 Å². The fraction of sp³-hybridized carbons (Fsp3) is 0.381. The molecule has 0 spiro atoms. The van der Waals surface area contributed by atoms with Crippen molar-refractivity contribution in [3.05, 3.63) is 52.5 Å². The Kier molecular flexibility index (Phi) is 7.80. The molecule has 0 unspecified atom stereocenters. The second-order valence-electron chi connectivity index (χ2n) is 6.04. The van der Waals surface area contributed by atoms with Gasteiger partial charge in [0.15, 0.2) is 17.6 Å². The molecule has 0 aliphatic rings. The van der Waals surface area contributed by atoms with Crippen LogP contribution in [0.15, 0.2) is 36.4 Å². The molecule has 1 amide bonds. The summed E-state index contributed by atoms with van der Waals surface area (Å²) in [6.45, 7) is 8.93. The normalized spacial score (nSPS) is 11.6. The maximum absolute atomic E-state index is 12.3. The molecule has 6 heteroatoms. The number of aryl methyl sites for hydroxylation is 1. The predicted octanol–water partition coefficient (Wildman–Crippen LogP) is 4.53. The van der Waals surface area contributed by atoms with Crippen molar-refractivity contribution in [2.45, 2.75) is 40.3 Å². The molecule has 1 atom stereocenters. The van der Waals surface area contributed by atoms with Crippen molar-refractivity contribution in [2.24, 2.45) is 0 Å². The van der Waals surface area contributed by atoms with Crippen molar-refractivity contribution in [3.63, 3.8) is 0 Å². The Morgan fingerprint density at radius 2 is 1.78 bits per heavy atom. The number of halogens is 1. The van der Waals surface area contributed by atoms with Crippen molar-refractivity contribution in [2.75, 3.05) is 13.2 Å². The van der Waals surface area contributed by atoms with Crippen molar-refractivity contribution in [1.29, 1.82) is 0 Å². The Morgan fingerprint density at radius 1 is 1.07 bits per heavy atom. The maximum atomic E-state index is 12.3. The van der Waals surface area contributed by atoms with E-state index in [4.69, 9.17) is 25.8 Å². The smallest absolute Gasteiger partial charge is 0.261 e. The van der Waals surface area contributed by atoms with Crippen LogP contribution in [0.5, 0.6) is 17.2 Å². The Morgan fingerprint density at radius 3 is 2.44 bits per heavy atom. The van der Waals surface area contributed by atoms with Crippen molar-refractivity contribution in [1.82, 2.24) is 5.32 Å². The van der Waals surface area contributed by atoms with E-state index in [0.717, 1.165) is 11.1 Å². The topological polar surface area (TPSA) is 56.8 Å². The zero-order valence-electron chi connectivity index (χ0n) is 16.2. The van der Waals surface area contributed by atoms with Gasteiger partial charge in [-0.05, 0) is 69.2 Å². The monoisotopic (exact) mass is 391 g/mol. The second kappa shape index (κ2) is 10.1. The lowest BCUT2D eigenvalue weighted by molar-refractivity contribution is -0.127. The third kappa shape index (κ3) is 6.07. The number of amides is 1. The van der Waals surface area contributed by atoms with Gasteiger partial charge in [-0.3, -0.25) is 4.79 Å². The van der Waals surface area contributed by atoms with Crippen LogP contribution in [0.4, 0.5) is 0 Å². The zero-order valence-corrected chi connectivity index (χ0v) is 16.9. The van der Waals surface area contributed by atoms with E-state index >= 15 is 0 Å². The zero-order chi connectivity index (χ0) is 19.8. The number of carbonyl (C=O) groups excluding carboxylic acids is 1. The Hall–Kier alpha value is -2.40. The summed E-state index contributed by atoms with van der Waals surface area (Å²) in [6, 6.07) is 11.0. The molecule has 0 aliphatic carbocycles. The molecule has 0 aromatic heterocycles. The Balaban J connectivity index is 1.95. The van der Waals surface area contributed by atoms with E-state index in [-0.39, 0.29) is 5.91 Å². The molecule has 0 heterocycles. The van der Waals surface area contributed by atoms with Gasteiger partial charge in [-0.25, -0.2) is 0 Å². The van der Waals surface area contributed by atoms with E-state index in [1.807, 2.05) is 45.0 Å². The molecule has 0 fully saturated rings. The van der Waals surface area contributed by atoms with Gasteiger partial charge in [0.1, 0.15) is 5.75 Å². The minimum absolute atomic E-state index is 0.200. The number of rotatable bonds is 9. The number of benzene rings is 2. The van der Waals surface area contributed by atoms with Gasteiger partial charge in [0.2, 0.25) is 0 Å². The molecule has 2 aromatic carbocycles. The first kappa shape index (κ1) is 20.9. The molecule has 27 heavy (non-hydrogen) atoms. The van der Waals surface area contributed by atoms with Crippen LogP contribution in [-0.2, 0) is 11.3 Å². The van der Waals surface area contributed by atoms with Gasteiger partial charge >= 0.3 is 0 Å². The molecule has 2 aromatic rings. The summed E-state index contributed by atoms with van der Waals surface area (Å²) >= 11 is 6.01. The van der Waals surface area contributed by atoms with E-state index in [0.29, 0.717) is 42.0 Å². The Bertz CT molecular complexity index is 779. The summed E-state index contributed by atoms with van der Waals surface area (Å²) in [5, 5.41) is 3.55. The first-order valence-corrected chi connectivity index (χ1v) is 9.41. The third-order valence-corrected chi connectivity index (χ3v) is 4.31. The van der Waals surface area contributed by atoms with Crippen LogP contribution < -0.4 is 19.5 Å². The number of ether oxygens (including phenoxy) is 3. The summed E-state index contributed by atoms with van der Waals surface area (Å²) in [7, 11) is 0. The number of nitrogens with one attached hydrogen (secondary N) is 1. The van der Waals surface area contributed by atoms with Crippen LogP contribution in [0.3, 0.4) is 0 Å². The third-order valence-electron chi connectivity index (χ3n) is 3.89. The van der Waals surface area contributed by atoms with Gasteiger partial charge in [-0.1, -0.05) is 17.7 Å². The SMILES string of the molecule is CCOc1ccc(CNC(=O)[C@H](C)Oc2ccc(Cl)c(C)c2)cc1OCC. The lowest BCUT2D eigenvalue weighted by Gasteiger charge is -2.16. The average molecular weight is 392 g/mol. The number of hydrogen-bond acceptors (Lipinski definition) is 4. The van der Waals surface area contributed by atoms with Gasteiger partial charge in [0.25, 0.3) is 5.91 Å². The van der Waals surface area contributed by atoms with E-state index in [1.54, 1.807) is 19.1 Å². The fourth-order valence-electron chi connectivity index (χ4n) is 2.49. The molecule has 1 N–H and O–H groups in total. The fourth-order valence-corrected chi connectivity index (χ4v) is 2.60. The van der Waals surface area contributed by atoms with E-state index in [1.165, 1.54) is 0 Å². The molecule has 0 saturated heterocycles. The summed E-state index contributed by atoms with van der Waals surface area (Å²) in [6.07, 6.45) is -0.625. The summed E-state index contributed by atoms with van der Waals surface area (Å²) in [5.74, 6) is 1.78. The van der Waals surface area contributed by atoms with Crippen LogP contribution in [0.25, 0.3) is 0 Å². The van der Waals surface area contributed by atoms with Gasteiger partial charge in [-0.2, -0.15) is 0 Å². The lowest BCUT2D eigenvalue weighted by atomic mass is 10.2. The minimum Gasteiger partial charge on any atom is -0.490 e. The first-order chi connectivity index (χ1) is 12.9. The van der Waals surface area contributed by atoms with E-state index in [2.05, 4.69) is 5.32 Å². The van der Waals surface area contributed by atoms with Crippen molar-refractivity contribution >= 4 is 17.5 Å². The van der Waals surface area contributed by atoms with Gasteiger partial charge in [-0.15, -0.1) is 0 Å². The second-order valence-corrected chi connectivity index (χ2v) is 6.44. The molecule has 2 rings (SSSR count). The van der Waals surface area contributed by atoms with E-state index < -0.39 is 6.10 Å². The lowest BCUT2D eigenvalue weighted by Crippen LogP contribution is -2.35. The van der Waals surface area contributed by atoms with Crippen LogP contribution in [-0.4, -0.2) is 25.2 Å². The molecular weight excluding hydrogens is 366 g/mol. The van der Waals surface area contributed by atoms with Gasteiger partial charge in [0, 0.05) is 11.6 Å². The molecule has 0 radical (unpaired) electrons. The highest BCUT2D eigenvalue weighted by Crippen LogP contribution is 2.28. The summed E-state index contributed by atoms with van der Waals surface area (Å²) in [5.41, 5.74) is 1.82. The molecule has 5 nitrogen and oxygen atoms in total. The molecule has 146 valence electrons. The molecule has 0 bridgehead atoms. The summed E-state index contributed by atoms with van der Waals surface area (Å²) < 4.78 is 16.9. The van der Waals surface area contributed by atoms with Crippen LogP contribution in [0.1, 0.15) is 31.9 Å². The van der Waals surface area contributed by atoms with Crippen molar-refractivity contribution < 1.29 is 19.0 Å². The van der Waals surface area contributed by atoms with Crippen molar-refractivity contribution in [3.8, 4) is 17.2 Å². The highest BCUT2D eigenvalue weighted by Gasteiger charge is 2.15. The maximum Gasteiger partial charge on any atom is 0.261 e. The molecular formula is C21H26ClNO4. The number of hydrogen-bond donors (Lipinski definition) is 1. The quantitative estimate of drug-likeness (QED) is 0.682. The number of carbonyl (C=O) groups is 1. The molecule has 0 aliphatic heterocycles. The highest BCUT2D eigenvalue weighted by atomic mass is 35.5. The standard InChI is InChI=1S/C21H26ClNO4/c1-5-25-19-10-7-16(12-20(19)26-6-2)13-23-21(24)15(4)27-17-8-9-18(22)14(3)11-17/h7-12,15H,5-6,13H2,1-4H3,(H,23,24)/t15-/m0/s1. The largest absolute Gasteiger partial charge is 0.490 e. The summed E-state index contributed by atoms with van der Waals surface area (Å²) in [4.78, 5) is 12.3. The Labute approximate surface area is 165 Å². The molecule has 0 saturated carbocycles. The van der Waals surface area contributed by atoms with Crippen LogP contribution in [0.2, 0.25) is 5.02 Å². The van der Waals surface area contributed by atoms with Crippen LogP contribution >= 0.6 is 11.6 Å². The highest BCUT2D eigenvalue weighted by molar-refractivity contribution is 6.31. The minimum atomic E-state index is -0.625. The van der Waals surface area contributed by atoms with E-state index in [9.17, 15) is 4.79 Å². The average Bonchev–Trinajstić information content (AvgIpc) is 2.65.